The van der Waals surface area contributed by atoms with Crippen LogP contribution in [0.3, 0.4) is 0 Å². The van der Waals surface area contributed by atoms with Gasteiger partial charge in [-0.15, -0.1) is 0 Å². The van der Waals surface area contributed by atoms with E-state index in [1.807, 2.05) is 29.2 Å². The first kappa shape index (κ1) is 13.9. The molecule has 1 N–H and O–H groups in total. The van der Waals surface area contributed by atoms with Crippen molar-refractivity contribution in [1.82, 2.24) is 4.90 Å². The van der Waals surface area contributed by atoms with Gasteiger partial charge in [-0.3, -0.25) is 4.79 Å². The van der Waals surface area contributed by atoms with E-state index in [-0.39, 0.29) is 5.91 Å². The Morgan fingerprint density at radius 3 is 2.76 bits per heavy atom. The van der Waals surface area contributed by atoms with Gasteiger partial charge >= 0.3 is 0 Å². The smallest absolute Gasteiger partial charge is 0.242 e. The molecular formula is C15H19N3O3. The van der Waals surface area contributed by atoms with Crippen molar-refractivity contribution in [2.24, 2.45) is 5.16 Å². The Morgan fingerprint density at radius 2 is 2.00 bits per heavy atom. The van der Waals surface area contributed by atoms with Crippen molar-refractivity contribution >= 4 is 17.3 Å². The van der Waals surface area contributed by atoms with Crippen molar-refractivity contribution in [2.75, 3.05) is 44.3 Å². The molecule has 0 aromatic heterocycles. The monoisotopic (exact) mass is 289 g/mol. The zero-order chi connectivity index (χ0) is 14.7. The molecule has 1 aromatic rings. The summed E-state index contributed by atoms with van der Waals surface area (Å²) in [4.78, 5) is 16.3. The summed E-state index contributed by atoms with van der Waals surface area (Å²) >= 11 is 0. The van der Waals surface area contributed by atoms with E-state index in [0.29, 0.717) is 51.5 Å². The minimum Gasteiger partial charge on any atom is -0.411 e. The van der Waals surface area contributed by atoms with E-state index < -0.39 is 0 Å². The van der Waals surface area contributed by atoms with Crippen LogP contribution >= 0.6 is 0 Å². The van der Waals surface area contributed by atoms with Gasteiger partial charge in [-0.2, -0.15) is 0 Å². The summed E-state index contributed by atoms with van der Waals surface area (Å²) < 4.78 is 5.27. The van der Waals surface area contributed by atoms with E-state index >= 15 is 0 Å². The Kier molecular flexibility index (Phi) is 4.06. The van der Waals surface area contributed by atoms with Crippen molar-refractivity contribution < 1.29 is 14.7 Å². The molecule has 6 nitrogen and oxygen atoms in total. The number of amides is 1. The number of fused-ring (bicyclic) bond motifs is 1. The number of hydrogen-bond donors (Lipinski definition) is 1. The fourth-order valence-corrected chi connectivity index (χ4v) is 2.83. The van der Waals surface area contributed by atoms with Crippen LogP contribution in [0.2, 0.25) is 0 Å². The highest BCUT2D eigenvalue weighted by atomic mass is 16.5. The Balaban J connectivity index is 1.76. The molecule has 0 atom stereocenters. The number of morpholine rings is 1. The van der Waals surface area contributed by atoms with Crippen LogP contribution in [-0.2, 0) is 9.53 Å². The number of nitrogens with zero attached hydrogens (tertiary/aromatic N) is 3. The van der Waals surface area contributed by atoms with E-state index in [1.165, 1.54) is 0 Å². The Bertz CT molecular complexity index is 553. The maximum absolute atomic E-state index is 12.4. The standard InChI is InChI=1S/C15H19N3O3/c19-15(17-7-9-21-10-8-17)11-18-6-5-13(16-20)12-3-1-2-4-14(12)18/h1-4,20H,5-11H2. The van der Waals surface area contributed by atoms with E-state index in [4.69, 9.17) is 9.94 Å². The summed E-state index contributed by atoms with van der Waals surface area (Å²) in [5, 5.41) is 12.5. The molecule has 6 heteroatoms. The van der Waals surface area contributed by atoms with Crippen LogP contribution in [0.1, 0.15) is 12.0 Å². The SMILES string of the molecule is O=C(CN1CCC(=NO)c2ccccc21)N1CCOCC1. The van der Waals surface area contributed by atoms with Crippen LogP contribution < -0.4 is 4.90 Å². The predicted molar refractivity (Wildman–Crippen MR) is 79.0 cm³/mol. The second-order valence-electron chi connectivity index (χ2n) is 5.23. The fourth-order valence-electron chi connectivity index (χ4n) is 2.83. The summed E-state index contributed by atoms with van der Waals surface area (Å²) in [6.07, 6.45) is 0.643. The maximum Gasteiger partial charge on any atom is 0.242 e. The van der Waals surface area contributed by atoms with E-state index in [0.717, 1.165) is 11.3 Å². The van der Waals surface area contributed by atoms with Crippen molar-refractivity contribution in [1.29, 1.82) is 0 Å². The van der Waals surface area contributed by atoms with Gasteiger partial charge in [-0.1, -0.05) is 23.4 Å². The van der Waals surface area contributed by atoms with Crippen molar-refractivity contribution in [3.63, 3.8) is 0 Å². The molecule has 0 saturated carbocycles. The molecule has 2 aliphatic rings. The number of ether oxygens (including phenoxy) is 1. The molecular weight excluding hydrogens is 270 g/mol. The first-order chi connectivity index (χ1) is 10.3. The number of oxime groups is 1. The first-order valence-electron chi connectivity index (χ1n) is 7.20. The largest absolute Gasteiger partial charge is 0.411 e. The topological polar surface area (TPSA) is 65.4 Å². The molecule has 0 aliphatic carbocycles. The number of rotatable bonds is 2. The summed E-state index contributed by atoms with van der Waals surface area (Å²) in [6.45, 7) is 3.60. The zero-order valence-electron chi connectivity index (χ0n) is 11.9. The van der Waals surface area contributed by atoms with Gasteiger partial charge < -0.3 is 19.7 Å². The van der Waals surface area contributed by atoms with Crippen LogP contribution in [0.4, 0.5) is 5.69 Å². The third-order valence-corrected chi connectivity index (χ3v) is 3.98. The van der Waals surface area contributed by atoms with Gasteiger partial charge in [0.2, 0.25) is 5.91 Å². The van der Waals surface area contributed by atoms with E-state index in [2.05, 4.69) is 10.1 Å². The van der Waals surface area contributed by atoms with Crippen molar-refractivity contribution in [2.45, 2.75) is 6.42 Å². The highest BCUT2D eigenvalue weighted by Gasteiger charge is 2.25. The first-order valence-corrected chi connectivity index (χ1v) is 7.20. The summed E-state index contributed by atoms with van der Waals surface area (Å²) in [5.41, 5.74) is 2.54. The molecule has 112 valence electrons. The van der Waals surface area contributed by atoms with Crippen molar-refractivity contribution in [3.8, 4) is 0 Å². The Hall–Kier alpha value is -2.08. The minimum absolute atomic E-state index is 0.123. The highest BCUT2D eigenvalue weighted by Crippen LogP contribution is 2.27. The van der Waals surface area contributed by atoms with Gasteiger partial charge in [0.1, 0.15) is 0 Å². The fraction of sp³-hybridized carbons (Fsp3) is 0.467. The Morgan fingerprint density at radius 1 is 1.24 bits per heavy atom. The predicted octanol–water partition coefficient (Wildman–Crippen LogP) is 0.934. The molecule has 21 heavy (non-hydrogen) atoms. The lowest BCUT2D eigenvalue weighted by Gasteiger charge is -2.34. The van der Waals surface area contributed by atoms with Gasteiger partial charge in [0.05, 0.1) is 25.5 Å². The van der Waals surface area contributed by atoms with E-state index in [9.17, 15) is 4.79 Å². The number of anilines is 1. The second-order valence-corrected chi connectivity index (χ2v) is 5.23. The molecule has 0 unspecified atom stereocenters. The average molecular weight is 289 g/mol. The highest BCUT2D eigenvalue weighted by molar-refractivity contribution is 6.07. The molecule has 1 saturated heterocycles. The lowest BCUT2D eigenvalue weighted by molar-refractivity contribution is -0.133. The number of para-hydroxylation sites is 1. The normalized spacial score (nSPS) is 20.5. The summed E-state index contributed by atoms with van der Waals surface area (Å²) in [7, 11) is 0. The number of carbonyl (C=O) groups is 1. The molecule has 0 spiro atoms. The second kappa shape index (κ2) is 6.13. The lowest BCUT2D eigenvalue weighted by Crippen LogP contribution is -2.47. The van der Waals surface area contributed by atoms with Crippen LogP contribution in [0.15, 0.2) is 29.4 Å². The van der Waals surface area contributed by atoms with E-state index in [1.54, 1.807) is 0 Å². The van der Waals surface area contributed by atoms with Crippen LogP contribution in [0.25, 0.3) is 0 Å². The van der Waals surface area contributed by atoms with Gasteiger partial charge in [-0.25, -0.2) is 0 Å². The average Bonchev–Trinajstić information content (AvgIpc) is 2.56. The molecule has 3 rings (SSSR count). The van der Waals surface area contributed by atoms with Gasteiger partial charge in [-0.05, 0) is 6.07 Å². The third-order valence-electron chi connectivity index (χ3n) is 3.98. The zero-order valence-corrected chi connectivity index (χ0v) is 11.9. The number of carbonyl (C=O) groups excluding carboxylic acids is 1. The third kappa shape index (κ3) is 2.85. The maximum atomic E-state index is 12.4. The molecule has 1 fully saturated rings. The van der Waals surface area contributed by atoms with Gasteiger partial charge in [0.15, 0.2) is 0 Å². The quantitative estimate of drug-likeness (QED) is 0.650. The minimum atomic E-state index is 0.123. The summed E-state index contributed by atoms with van der Waals surface area (Å²) in [5.74, 6) is 0.123. The molecule has 1 aromatic carbocycles. The Labute approximate surface area is 123 Å². The number of hydrogen-bond acceptors (Lipinski definition) is 5. The van der Waals surface area contributed by atoms with Gasteiger partial charge in [0.25, 0.3) is 0 Å². The molecule has 1 amide bonds. The molecule has 0 radical (unpaired) electrons. The summed E-state index contributed by atoms with van der Waals surface area (Å²) in [6, 6.07) is 7.74. The van der Waals surface area contributed by atoms with Crippen LogP contribution in [0.5, 0.6) is 0 Å². The van der Waals surface area contributed by atoms with Crippen LogP contribution in [0, 0.1) is 0 Å². The molecule has 0 bridgehead atoms. The number of benzene rings is 1. The van der Waals surface area contributed by atoms with Crippen LogP contribution in [-0.4, -0.2) is 61.1 Å². The lowest BCUT2D eigenvalue weighted by atomic mass is 9.99. The molecule has 2 heterocycles. The molecule has 2 aliphatic heterocycles. The van der Waals surface area contributed by atoms with Gasteiger partial charge in [0, 0.05) is 37.3 Å². The van der Waals surface area contributed by atoms with Crippen molar-refractivity contribution in [3.05, 3.63) is 29.8 Å².